The maximum Gasteiger partial charge on any atom is 0.513 e. The third-order valence-electron chi connectivity index (χ3n) is 3.99. The first-order chi connectivity index (χ1) is 14.0. The molecule has 0 N–H and O–H groups in total. The minimum Gasteiger partial charge on any atom is -0.462 e. The highest BCUT2D eigenvalue weighted by molar-refractivity contribution is 5.86. The molecule has 2 aromatic rings. The Bertz CT molecular complexity index is 879. The molecule has 0 unspecified atom stereocenters. The highest BCUT2D eigenvalue weighted by atomic mass is 16.7. The average Bonchev–Trinajstić information content (AvgIpc) is 2.73. The van der Waals surface area contributed by atoms with Crippen molar-refractivity contribution >= 4 is 12.1 Å². The van der Waals surface area contributed by atoms with Gasteiger partial charge in [-0.3, -0.25) is 0 Å². The first-order valence-electron chi connectivity index (χ1n) is 9.27. The fourth-order valence-electron chi connectivity index (χ4n) is 2.40. The Kier molecular flexibility index (Phi) is 8.46. The van der Waals surface area contributed by atoms with E-state index in [0.717, 1.165) is 17.5 Å². The number of nitriles is 1. The molecule has 0 atom stereocenters. The molecule has 2 aromatic carbocycles. The van der Waals surface area contributed by atoms with Crippen molar-refractivity contribution in [2.45, 2.75) is 26.2 Å². The van der Waals surface area contributed by atoms with Gasteiger partial charge in [-0.15, -0.1) is 0 Å². The highest BCUT2D eigenvalue weighted by Crippen LogP contribution is 2.23. The van der Waals surface area contributed by atoms with Gasteiger partial charge in [-0.2, -0.15) is 5.26 Å². The first-order valence-corrected chi connectivity index (χ1v) is 9.27. The van der Waals surface area contributed by atoms with Crippen LogP contribution in [0.1, 0.15) is 31.7 Å². The van der Waals surface area contributed by atoms with Crippen molar-refractivity contribution in [2.75, 3.05) is 13.2 Å². The molecule has 0 saturated carbocycles. The summed E-state index contributed by atoms with van der Waals surface area (Å²) < 4.78 is 15.2. The quantitative estimate of drug-likeness (QED) is 0.257. The van der Waals surface area contributed by atoms with Crippen LogP contribution in [0.2, 0.25) is 0 Å². The van der Waals surface area contributed by atoms with Crippen molar-refractivity contribution < 1.29 is 23.8 Å². The highest BCUT2D eigenvalue weighted by Gasteiger charge is 2.07. The number of benzene rings is 2. The predicted octanol–water partition coefficient (Wildman–Crippen LogP) is 5.03. The SMILES string of the molecule is C=C(C)C(=O)OCCCCCOC(=O)Oc1ccc(-c2ccc(C#N)cc2)cc1. The zero-order valence-electron chi connectivity index (χ0n) is 16.3. The summed E-state index contributed by atoms with van der Waals surface area (Å²) in [6, 6.07) is 16.3. The average molecular weight is 393 g/mol. The molecule has 0 saturated heterocycles. The zero-order valence-corrected chi connectivity index (χ0v) is 16.3. The molecule has 0 aromatic heterocycles. The summed E-state index contributed by atoms with van der Waals surface area (Å²) in [5.74, 6) is -0.00543. The number of unbranched alkanes of at least 4 members (excludes halogenated alkanes) is 2. The number of esters is 1. The van der Waals surface area contributed by atoms with Gasteiger partial charge in [-0.25, -0.2) is 9.59 Å². The van der Waals surface area contributed by atoms with E-state index in [9.17, 15) is 9.59 Å². The van der Waals surface area contributed by atoms with Crippen LogP contribution in [0.4, 0.5) is 4.79 Å². The first kappa shape index (κ1) is 21.7. The van der Waals surface area contributed by atoms with Gasteiger partial charge in [-0.05, 0) is 61.6 Å². The summed E-state index contributed by atoms with van der Waals surface area (Å²) in [4.78, 5) is 22.9. The largest absolute Gasteiger partial charge is 0.513 e. The fraction of sp³-hybridized carbons (Fsp3) is 0.261. The number of hydrogen-bond acceptors (Lipinski definition) is 6. The summed E-state index contributed by atoms with van der Waals surface area (Å²) in [6.45, 7) is 5.66. The Labute approximate surface area is 170 Å². The van der Waals surface area contributed by atoms with Crippen molar-refractivity contribution in [3.8, 4) is 22.9 Å². The lowest BCUT2D eigenvalue weighted by Crippen LogP contribution is -2.11. The smallest absolute Gasteiger partial charge is 0.462 e. The van der Waals surface area contributed by atoms with Gasteiger partial charge < -0.3 is 14.2 Å². The molecule has 0 amide bonds. The van der Waals surface area contributed by atoms with Crippen molar-refractivity contribution in [1.29, 1.82) is 5.26 Å². The van der Waals surface area contributed by atoms with Crippen LogP contribution < -0.4 is 4.74 Å². The molecule has 0 aliphatic carbocycles. The molecule has 0 aliphatic heterocycles. The molecular weight excluding hydrogens is 370 g/mol. The minimum atomic E-state index is -0.759. The van der Waals surface area contributed by atoms with Crippen molar-refractivity contribution in [1.82, 2.24) is 0 Å². The van der Waals surface area contributed by atoms with E-state index in [1.54, 1.807) is 31.2 Å². The topological polar surface area (TPSA) is 85.6 Å². The number of nitrogens with zero attached hydrogens (tertiary/aromatic N) is 1. The van der Waals surface area contributed by atoms with Gasteiger partial charge in [0.25, 0.3) is 0 Å². The number of ether oxygens (including phenoxy) is 3. The van der Waals surface area contributed by atoms with Crippen LogP contribution >= 0.6 is 0 Å². The number of carbonyl (C=O) groups is 2. The third kappa shape index (κ3) is 7.51. The Morgan fingerprint density at radius 3 is 2.00 bits per heavy atom. The van der Waals surface area contributed by atoms with Gasteiger partial charge in [0.05, 0.1) is 24.8 Å². The Morgan fingerprint density at radius 1 is 0.897 bits per heavy atom. The molecule has 0 radical (unpaired) electrons. The summed E-state index contributed by atoms with van der Waals surface area (Å²) >= 11 is 0. The number of rotatable bonds is 9. The lowest BCUT2D eigenvalue weighted by atomic mass is 10.0. The number of carbonyl (C=O) groups excluding carboxylic acids is 2. The van der Waals surface area contributed by atoms with Crippen molar-refractivity contribution in [2.24, 2.45) is 0 Å². The molecule has 2 rings (SSSR count). The molecule has 6 heteroatoms. The lowest BCUT2D eigenvalue weighted by Gasteiger charge is -2.07. The zero-order chi connectivity index (χ0) is 21.1. The maximum atomic E-state index is 11.7. The van der Waals surface area contributed by atoms with Gasteiger partial charge in [-0.1, -0.05) is 30.8 Å². The van der Waals surface area contributed by atoms with Gasteiger partial charge in [0.1, 0.15) is 5.75 Å². The molecule has 0 aliphatic rings. The molecule has 6 nitrogen and oxygen atoms in total. The molecular formula is C23H23NO5. The van der Waals surface area contributed by atoms with E-state index in [1.165, 1.54) is 0 Å². The van der Waals surface area contributed by atoms with Crippen molar-refractivity contribution in [3.05, 3.63) is 66.2 Å². The van der Waals surface area contributed by atoms with E-state index < -0.39 is 12.1 Å². The van der Waals surface area contributed by atoms with E-state index in [2.05, 4.69) is 12.6 Å². The molecule has 29 heavy (non-hydrogen) atoms. The molecule has 0 bridgehead atoms. The lowest BCUT2D eigenvalue weighted by molar-refractivity contribution is -0.139. The van der Waals surface area contributed by atoms with Crippen LogP contribution in [-0.2, 0) is 14.3 Å². The summed E-state index contributed by atoms with van der Waals surface area (Å²) in [5, 5.41) is 8.84. The third-order valence-corrected chi connectivity index (χ3v) is 3.99. The van der Waals surface area contributed by atoms with E-state index >= 15 is 0 Å². The van der Waals surface area contributed by atoms with Crippen LogP contribution in [0.3, 0.4) is 0 Å². The summed E-state index contributed by atoms with van der Waals surface area (Å²) in [6.07, 6.45) is 1.34. The second-order valence-electron chi connectivity index (χ2n) is 6.39. The fourth-order valence-corrected chi connectivity index (χ4v) is 2.40. The molecule has 0 spiro atoms. The van der Waals surface area contributed by atoms with Crippen LogP contribution in [0.15, 0.2) is 60.7 Å². The maximum absolute atomic E-state index is 11.7. The van der Waals surface area contributed by atoms with E-state index in [4.69, 9.17) is 19.5 Å². The molecule has 150 valence electrons. The second-order valence-corrected chi connectivity index (χ2v) is 6.39. The standard InChI is InChI=1S/C23H23NO5/c1-17(2)22(25)27-14-4-3-5-15-28-23(26)29-21-12-10-20(11-13-21)19-8-6-18(16-24)7-9-19/h6-13H,1,3-5,14-15H2,2H3. The van der Waals surface area contributed by atoms with E-state index in [0.29, 0.717) is 36.3 Å². The molecule has 0 heterocycles. The van der Waals surface area contributed by atoms with Crippen LogP contribution in [0.25, 0.3) is 11.1 Å². The van der Waals surface area contributed by atoms with Gasteiger partial charge in [0.2, 0.25) is 0 Å². The Morgan fingerprint density at radius 2 is 1.45 bits per heavy atom. The van der Waals surface area contributed by atoms with E-state index in [-0.39, 0.29) is 6.61 Å². The van der Waals surface area contributed by atoms with Crippen molar-refractivity contribution in [3.63, 3.8) is 0 Å². The van der Waals surface area contributed by atoms with Crippen LogP contribution in [0.5, 0.6) is 5.75 Å². The van der Waals surface area contributed by atoms with Crippen LogP contribution in [0, 0.1) is 11.3 Å². The van der Waals surface area contributed by atoms with Gasteiger partial charge >= 0.3 is 12.1 Å². The Balaban J connectivity index is 1.67. The van der Waals surface area contributed by atoms with Gasteiger partial charge in [0, 0.05) is 5.57 Å². The minimum absolute atomic E-state index is 0.233. The number of hydrogen-bond donors (Lipinski definition) is 0. The molecule has 0 fully saturated rings. The van der Waals surface area contributed by atoms with Crippen LogP contribution in [-0.4, -0.2) is 25.3 Å². The summed E-state index contributed by atoms with van der Waals surface area (Å²) in [7, 11) is 0. The summed E-state index contributed by atoms with van der Waals surface area (Å²) in [5.41, 5.74) is 2.89. The predicted molar refractivity (Wildman–Crippen MR) is 108 cm³/mol. The van der Waals surface area contributed by atoms with Gasteiger partial charge in [0.15, 0.2) is 0 Å². The van der Waals surface area contributed by atoms with E-state index in [1.807, 2.05) is 24.3 Å². The normalized spacial score (nSPS) is 9.93. The second kappa shape index (κ2) is 11.3. The Hall–Kier alpha value is -3.59. The monoisotopic (exact) mass is 393 g/mol.